The number of carbonyl (C=O) groups excluding carboxylic acids is 1. The van der Waals surface area contributed by atoms with Crippen LogP contribution in [0.5, 0.6) is 0 Å². The van der Waals surface area contributed by atoms with E-state index in [0.29, 0.717) is 6.54 Å². The van der Waals surface area contributed by atoms with E-state index in [1.807, 2.05) is 13.8 Å². The van der Waals surface area contributed by atoms with Crippen LogP contribution in [0.3, 0.4) is 0 Å². The molecule has 0 rings (SSSR count). The van der Waals surface area contributed by atoms with E-state index in [9.17, 15) is 18.0 Å². The number of rotatable bonds is 7. The zero-order chi connectivity index (χ0) is 12.6. The van der Waals surface area contributed by atoms with Gasteiger partial charge in [0.15, 0.2) is 0 Å². The average Bonchev–Trinajstić information content (AvgIpc) is 2.13. The Kier molecular flexibility index (Phi) is 7.07. The summed E-state index contributed by atoms with van der Waals surface area (Å²) in [6.07, 6.45) is -4.39. The van der Waals surface area contributed by atoms with Gasteiger partial charge in [-0.3, -0.25) is 4.79 Å². The first-order valence-corrected chi connectivity index (χ1v) is 4.99. The molecule has 0 spiro atoms. The molecule has 0 fully saturated rings. The lowest BCUT2D eigenvalue weighted by atomic mass is 10.3. The zero-order valence-electron chi connectivity index (χ0n) is 9.36. The van der Waals surface area contributed by atoms with Crippen molar-refractivity contribution in [3.63, 3.8) is 0 Å². The van der Waals surface area contributed by atoms with Crippen molar-refractivity contribution >= 4 is 5.91 Å². The van der Waals surface area contributed by atoms with Gasteiger partial charge in [-0.1, -0.05) is 6.92 Å². The Morgan fingerprint density at radius 2 is 2.06 bits per heavy atom. The van der Waals surface area contributed by atoms with E-state index in [1.165, 1.54) is 0 Å². The number of likely N-dealkylation sites (N-methyl/N-ethyl adjacent to an activating group) is 1. The summed E-state index contributed by atoms with van der Waals surface area (Å²) in [5.41, 5.74) is 0. The standard InChI is InChI=1S/C9H17F3N2O2/c1-3-13-7(2)4-14-8(15)5-16-6-9(10,11)12/h7,13H,3-6H2,1-2H3,(H,14,15)/t7-/m1/s1. The summed E-state index contributed by atoms with van der Waals surface area (Å²) in [4.78, 5) is 11.0. The fourth-order valence-electron chi connectivity index (χ4n) is 0.998. The van der Waals surface area contributed by atoms with E-state index in [-0.39, 0.29) is 6.04 Å². The van der Waals surface area contributed by atoms with Gasteiger partial charge >= 0.3 is 6.18 Å². The molecule has 0 aromatic heterocycles. The molecule has 7 heteroatoms. The number of hydrogen-bond acceptors (Lipinski definition) is 3. The van der Waals surface area contributed by atoms with Crippen LogP contribution >= 0.6 is 0 Å². The maximum absolute atomic E-state index is 11.7. The van der Waals surface area contributed by atoms with E-state index < -0.39 is 25.3 Å². The average molecular weight is 242 g/mol. The molecular formula is C9H17F3N2O2. The van der Waals surface area contributed by atoms with Crippen molar-refractivity contribution in [2.75, 3.05) is 26.3 Å². The highest BCUT2D eigenvalue weighted by Gasteiger charge is 2.27. The highest BCUT2D eigenvalue weighted by Crippen LogP contribution is 2.13. The third-order valence-corrected chi connectivity index (χ3v) is 1.66. The first-order valence-electron chi connectivity index (χ1n) is 4.99. The van der Waals surface area contributed by atoms with Gasteiger partial charge in [0, 0.05) is 12.6 Å². The summed E-state index contributed by atoms with van der Waals surface area (Å²) >= 11 is 0. The van der Waals surface area contributed by atoms with Gasteiger partial charge in [0.25, 0.3) is 0 Å². The van der Waals surface area contributed by atoms with Crippen LogP contribution in [0.15, 0.2) is 0 Å². The first kappa shape index (κ1) is 15.2. The molecule has 0 aromatic rings. The molecule has 0 aliphatic rings. The van der Waals surface area contributed by atoms with Crippen molar-refractivity contribution in [1.82, 2.24) is 10.6 Å². The summed E-state index contributed by atoms with van der Waals surface area (Å²) in [6, 6.07) is 0.0802. The molecular weight excluding hydrogens is 225 g/mol. The third kappa shape index (κ3) is 9.72. The zero-order valence-corrected chi connectivity index (χ0v) is 9.36. The van der Waals surface area contributed by atoms with Crippen molar-refractivity contribution in [1.29, 1.82) is 0 Å². The minimum atomic E-state index is -4.39. The largest absolute Gasteiger partial charge is 0.411 e. The lowest BCUT2D eigenvalue weighted by Crippen LogP contribution is -2.40. The van der Waals surface area contributed by atoms with E-state index in [1.54, 1.807) is 0 Å². The number of halogens is 3. The van der Waals surface area contributed by atoms with Gasteiger partial charge in [-0.25, -0.2) is 0 Å². The van der Waals surface area contributed by atoms with E-state index >= 15 is 0 Å². The van der Waals surface area contributed by atoms with Crippen LogP contribution in [-0.2, 0) is 9.53 Å². The van der Waals surface area contributed by atoms with Gasteiger partial charge < -0.3 is 15.4 Å². The van der Waals surface area contributed by atoms with Gasteiger partial charge in [-0.15, -0.1) is 0 Å². The van der Waals surface area contributed by atoms with Gasteiger partial charge in [0.1, 0.15) is 13.2 Å². The van der Waals surface area contributed by atoms with Crippen LogP contribution in [-0.4, -0.2) is 44.4 Å². The van der Waals surface area contributed by atoms with Gasteiger partial charge in [-0.05, 0) is 13.5 Å². The molecule has 1 amide bonds. The molecule has 0 aromatic carbocycles. The monoisotopic (exact) mass is 242 g/mol. The van der Waals surface area contributed by atoms with Crippen molar-refractivity contribution < 1.29 is 22.7 Å². The topological polar surface area (TPSA) is 50.4 Å². The van der Waals surface area contributed by atoms with Crippen molar-refractivity contribution in [3.8, 4) is 0 Å². The van der Waals surface area contributed by atoms with Gasteiger partial charge in [0.05, 0.1) is 0 Å². The van der Waals surface area contributed by atoms with E-state index in [0.717, 1.165) is 6.54 Å². The predicted octanol–water partition coefficient (Wildman–Crippen LogP) is 0.679. The second-order valence-electron chi connectivity index (χ2n) is 3.37. The number of nitrogens with one attached hydrogen (secondary N) is 2. The number of alkyl halides is 3. The Bertz CT molecular complexity index is 209. The Balaban J connectivity index is 3.52. The molecule has 16 heavy (non-hydrogen) atoms. The Morgan fingerprint density at radius 1 is 1.44 bits per heavy atom. The lowest BCUT2D eigenvalue weighted by Gasteiger charge is -2.13. The van der Waals surface area contributed by atoms with Crippen LogP contribution in [0.25, 0.3) is 0 Å². The third-order valence-electron chi connectivity index (χ3n) is 1.66. The number of ether oxygens (including phenoxy) is 1. The molecule has 96 valence electrons. The molecule has 0 saturated heterocycles. The maximum Gasteiger partial charge on any atom is 0.411 e. The molecule has 0 aliphatic heterocycles. The minimum absolute atomic E-state index is 0.0802. The van der Waals surface area contributed by atoms with Crippen LogP contribution < -0.4 is 10.6 Å². The van der Waals surface area contributed by atoms with Crippen LogP contribution in [0.2, 0.25) is 0 Å². The van der Waals surface area contributed by atoms with Gasteiger partial charge in [-0.2, -0.15) is 13.2 Å². The van der Waals surface area contributed by atoms with Crippen LogP contribution in [0, 0.1) is 0 Å². The molecule has 0 saturated carbocycles. The molecule has 1 atom stereocenters. The highest BCUT2D eigenvalue weighted by atomic mass is 19.4. The maximum atomic E-state index is 11.7. The SMILES string of the molecule is CCN[C@H](C)CNC(=O)COCC(F)(F)F. The fraction of sp³-hybridized carbons (Fsp3) is 0.889. The molecule has 2 N–H and O–H groups in total. The number of amides is 1. The van der Waals surface area contributed by atoms with Crippen LogP contribution in [0.4, 0.5) is 13.2 Å². The number of hydrogen-bond donors (Lipinski definition) is 2. The summed E-state index contributed by atoms with van der Waals surface area (Å²) in [7, 11) is 0. The van der Waals surface area contributed by atoms with E-state index in [4.69, 9.17) is 0 Å². The molecule has 0 heterocycles. The summed E-state index contributed by atoms with van der Waals surface area (Å²) < 4.78 is 39.2. The normalized spacial score (nSPS) is 13.6. The molecule has 0 radical (unpaired) electrons. The Morgan fingerprint density at radius 3 is 2.56 bits per heavy atom. The van der Waals surface area contributed by atoms with E-state index in [2.05, 4.69) is 15.4 Å². The molecule has 0 aliphatic carbocycles. The molecule has 0 unspecified atom stereocenters. The Labute approximate surface area is 92.5 Å². The second-order valence-corrected chi connectivity index (χ2v) is 3.37. The van der Waals surface area contributed by atoms with Crippen LogP contribution in [0.1, 0.15) is 13.8 Å². The van der Waals surface area contributed by atoms with Crippen molar-refractivity contribution in [2.24, 2.45) is 0 Å². The molecule has 4 nitrogen and oxygen atoms in total. The first-order chi connectivity index (χ1) is 7.35. The van der Waals surface area contributed by atoms with Crippen molar-refractivity contribution in [2.45, 2.75) is 26.1 Å². The quantitative estimate of drug-likeness (QED) is 0.690. The van der Waals surface area contributed by atoms with Crippen molar-refractivity contribution in [3.05, 3.63) is 0 Å². The molecule has 0 bridgehead atoms. The number of carbonyl (C=O) groups is 1. The second kappa shape index (κ2) is 7.45. The fourth-order valence-corrected chi connectivity index (χ4v) is 0.998. The predicted molar refractivity (Wildman–Crippen MR) is 53.0 cm³/mol. The Hall–Kier alpha value is -0.820. The highest BCUT2D eigenvalue weighted by molar-refractivity contribution is 5.77. The summed E-state index contributed by atoms with van der Waals surface area (Å²) in [5, 5.41) is 5.51. The summed E-state index contributed by atoms with van der Waals surface area (Å²) in [5.74, 6) is -0.547. The minimum Gasteiger partial charge on any atom is -0.362 e. The lowest BCUT2D eigenvalue weighted by molar-refractivity contribution is -0.175. The smallest absolute Gasteiger partial charge is 0.362 e. The summed E-state index contributed by atoms with van der Waals surface area (Å²) in [6.45, 7) is 2.94. The van der Waals surface area contributed by atoms with Gasteiger partial charge in [0.2, 0.25) is 5.91 Å².